The van der Waals surface area contributed by atoms with E-state index in [0.717, 1.165) is 18.4 Å². The van der Waals surface area contributed by atoms with Crippen molar-refractivity contribution >= 4 is 15.9 Å². The van der Waals surface area contributed by atoms with Crippen molar-refractivity contribution in [2.24, 2.45) is 5.14 Å². The largest absolute Gasteiger partial charge is 0.497 e. The number of sulfonamides is 1. The van der Waals surface area contributed by atoms with E-state index in [4.69, 9.17) is 9.88 Å². The van der Waals surface area contributed by atoms with Crippen LogP contribution in [0.5, 0.6) is 5.75 Å². The van der Waals surface area contributed by atoms with Gasteiger partial charge in [-0.2, -0.15) is 5.10 Å². The topological polar surface area (TPSA) is 108 Å². The number of nitrogens with zero attached hydrogens (tertiary/aromatic N) is 3. The third kappa shape index (κ3) is 4.05. The summed E-state index contributed by atoms with van der Waals surface area (Å²) in [5.74, 6) is 0.632. The van der Waals surface area contributed by atoms with Gasteiger partial charge in [0.1, 0.15) is 11.3 Å². The maximum absolute atomic E-state index is 12.9. The lowest BCUT2D eigenvalue weighted by atomic mass is 10.0. The zero-order valence-corrected chi connectivity index (χ0v) is 17.2. The summed E-state index contributed by atoms with van der Waals surface area (Å²) in [6.07, 6.45) is 3.89. The van der Waals surface area contributed by atoms with Crippen LogP contribution in [0.3, 0.4) is 0 Å². The van der Waals surface area contributed by atoms with Crippen molar-refractivity contribution in [3.05, 3.63) is 41.6 Å². The second-order valence-electron chi connectivity index (χ2n) is 7.53. The van der Waals surface area contributed by atoms with Gasteiger partial charge in [0.05, 0.1) is 7.11 Å². The molecule has 0 unspecified atom stereocenters. The van der Waals surface area contributed by atoms with Gasteiger partial charge < -0.3 is 9.64 Å². The quantitative estimate of drug-likeness (QED) is 0.782. The van der Waals surface area contributed by atoms with Gasteiger partial charge in [0.25, 0.3) is 10.0 Å². The smallest absolute Gasteiger partial charge is 0.257 e. The van der Waals surface area contributed by atoms with Crippen LogP contribution in [-0.4, -0.2) is 49.2 Å². The fourth-order valence-electron chi connectivity index (χ4n) is 3.41. The molecule has 0 spiro atoms. The number of aromatic nitrogens is 2. The lowest BCUT2D eigenvalue weighted by Crippen LogP contribution is -2.46. The minimum atomic E-state index is -4.03. The number of likely N-dealkylation sites (tertiary alicyclic amines) is 1. The Kier molecular flexibility index (Phi) is 5.49. The molecule has 0 radical (unpaired) electrons. The highest BCUT2D eigenvalue weighted by atomic mass is 32.2. The molecule has 1 saturated heterocycles. The van der Waals surface area contributed by atoms with Crippen LogP contribution in [0.25, 0.3) is 0 Å². The number of benzene rings is 1. The number of primary sulfonamides is 1. The van der Waals surface area contributed by atoms with Crippen LogP contribution >= 0.6 is 0 Å². The normalized spacial score (nSPS) is 15.1. The molecule has 2 N–H and O–H groups in total. The van der Waals surface area contributed by atoms with E-state index >= 15 is 0 Å². The molecule has 0 aliphatic carbocycles. The Balaban J connectivity index is 1.96. The van der Waals surface area contributed by atoms with E-state index in [0.29, 0.717) is 30.8 Å². The zero-order valence-electron chi connectivity index (χ0n) is 16.4. The molecule has 152 valence electrons. The van der Waals surface area contributed by atoms with Crippen LogP contribution in [0.15, 0.2) is 35.5 Å². The first kappa shape index (κ1) is 20.3. The molecule has 0 atom stereocenters. The van der Waals surface area contributed by atoms with Gasteiger partial charge in [0.2, 0.25) is 5.91 Å². The maximum Gasteiger partial charge on any atom is 0.257 e. The molecule has 8 nitrogen and oxygen atoms in total. The number of hydrogen-bond donors (Lipinski definition) is 1. The lowest BCUT2D eigenvalue weighted by Gasteiger charge is -2.29. The van der Waals surface area contributed by atoms with Crippen LogP contribution in [0, 0.1) is 0 Å². The van der Waals surface area contributed by atoms with Gasteiger partial charge in [-0.3, -0.25) is 9.48 Å². The summed E-state index contributed by atoms with van der Waals surface area (Å²) in [6.45, 7) is 4.91. The summed E-state index contributed by atoms with van der Waals surface area (Å²) in [6, 6.07) is 7.31. The first-order valence-electron chi connectivity index (χ1n) is 9.17. The van der Waals surface area contributed by atoms with E-state index < -0.39 is 15.6 Å². The Hall–Kier alpha value is -2.39. The predicted octanol–water partition coefficient (Wildman–Crippen LogP) is 1.49. The first-order valence-corrected chi connectivity index (χ1v) is 10.7. The zero-order chi connectivity index (χ0) is 20.5. The number of methoxy groups -OCH3 is 1. The molecule has 1 fully saturated rings. The molecule has 0 saturated carbocycles. The summed E-state index contributed by atoms with van der Waals surface area (Å²) >= 11 is 0. The summed E-state index contributed by atoms with van der Waals surface area (Å²) in [5.41, 5.74) is 0.325. The van der Waals surface area contributed by atoms with Crippen molar-refractivity contribution in [1.82, 2.24) is 14.7 Å². The van der Waals surface area contributed by atoms with Crippen molar-refractivity contribution in [3.63, 3.8) is 0 Å². The molecule has 1 aromatic carbocycles. The molecule has 2 heterocycles. The summed E-state index contributed by atoms with van der Waals surface area (Å²) in [5, 5.41) is 9.40. The maximum atomic E-state index is 12.9. The van der Waals surface area contributed by atoms with Crippen LogP contribution in [-0.2, 0) is 26.8 Å². The van der Waals surface area contributed by atoms with Crippen LogP contribution in [0.2, 0.25) is 0 Å². The number of carbonyl (C=O) groups is 1. The van der Waals surface area contributed by atoms with E-state index in [2.05, 4.69) is 5.10 Å². The monoisotopic (exact) mass is 406 g/mol. The highest BCUT2D eigenvalue weighted by Gasteiger charge is 2.37. The van der Waals surface area contributed by atoms with Gasteiger partial charge >= 0.3 is 0 Å². The molecular formula is C19H26N4O4S. The Morgan fingerprint density at radius 1 is 1.21 bits per heavy atom. The van der Waals surface area contributed by atoms with E-state index in [9.17, 15) is 13.2 Å². The molecule has 0 bridgehead atoms. The van der Waals surface area contributed by atoms with Gasteiger partial charge in [-0.1, -0.05) is 12.1 Å². The standard InChI is InChI=1S/C19H26N4O4S/c1-19(2,18(24)22-10-4-5-11-22)23-13-15(17(21-23)28(20,25)26)12-14-6-8-16(27-3)9-7-14/h6-9,13H,4-5,10-12H2,1-3H3,(H2,20,25,26). The van der Waals surface area contributed by atoms with E-state index in [1.807, 2.05) is 12.1 Å². The van der Waals surface area contributed by atoms with Gasteiger partial charge in [-0.15, -0.1) is 0 Å². The SMILES string of the molecule is COc1ccc(Cc2cn(C(C)(C)C(=O)N3CCCC3)nc2S(N)(=O)=O)cc1. The van der Waals surface area contributed by atoms with Crippen LogP contribution < -0.4 is 9.88 Å². The molecule has 2 aromatic rings. The second-order valence-corrected chi connectivity index (χ2v) is 9.01. The summed E-state index contributed by atoms with van der Waals surface area (Å²) in [4.78, 5) is 14.7. The number of nitrogens with two attached hydrogens (primary N) is 1. The van der Waals surface area contributed by atoms with Crippen molar-refractivity contribution < 1.29 is 17.9 Å². The van der Waals surface area contributed by atoms with Crippen molar-refractivity contribution in [2.75, 3.05) is 20.2 Å². The van der Waals surface area contributed by atoms with Gasteiger partial charge in [0, 0.05) is 31.3 Å². The highest BCUT2D eigenvalue weighted by molar-refractivity contribution is 7.89. The molecule has 1 aromatic heterocycles. The van der Waals surface area contributed by atoms with E-state index in [1.165, 1.54) is 4.68 Å². The van der Waals surface area contributed by atoms with Gasteiger partial charge in [0.15, 0.2) is 5.03 Å². The Morgan fingerprint density at radius 3 is 2.36 bits per heavy atom. The second kappa shape index (κ2) is 7.56. The molecule has 1 amide bonds. The average Bonchev–Trinajstić information content (AvgIpc) is 3.31. The fraction of sp³-hybridized carbons (Fsp3) is 0.474. The molecule has 3 rings (SSSR count). The number of carbonyl (C=O) groups excluding carboxylic acids is 1. The van der Waals surface area contributed by atoms with Gasteiger partial charge in [-0.05, 0) is 44.4 Å². The summed E-state index contributed by atoms with van der Waals surface area (Å²) < 4.78 is 30.8. The fourth-order valence-corrected chi connectivity index (χ4v) is 4.10. The van der Waals surface area contributed by atoms with E-state index in [-0.39, 0.29) is 10.9 Å². The lowest BCUT2D eigenvalue weighted by molar-refractivity contribution is -0.138. The third-order valence-electron chi connectivity index (χ3n) is 5.06. The highest BCUT2D eigenvalue weighted by Crippen LogP contribution is 2.26. The van der Waals surface area contributed by atoms with Crippen molar-refractivity contribution in [1.29, 1.82) is 0 Å². The predicted molar refractivity (Wildman–Crippen MR) is 105 cm³/mol. The number of rotatable bonds is 6. The van der Waals surface area contributed by atoms with E-state index in [1.54, 1.807) is 44.2 Å². The van der Waals surface area contributed by atoms with Crippen LogP contribution in [0.4, 0.5) is 0 Å². The molecule has 1 aliphatic rings. The Labute approximate surface area is 165 Å². The minimum absolute atomic E-state index is 0.0792. The average molecular weight is 407 g/mol. The molecule has 28 heavy (non-hydrogen) atoms. The number of amides is 1. The van der Waals surface area contributed by atoms with Gasteiger partial charge in [-0.25, -0.2) is 13.6 Å². The minimum Gasteiger partial charge on any atom is -0.497 e. The Bertz CT molecular complexity index is 958. The van der Waals surface area contributed by atoms with Crippen LogP contribution in [0.1, 0.15) is 37.8 Å². The van der Waals surface area contributed by atoms with Crippen molar-refractivity contribution in [2.45, 2.75) is 43.7 Å². The Morgan fingerprint density at radius 2 is 1.82 bits per heavy atom. The van der Waals surface area contributed by atoms with Crippen molar-refractivity contribution in [3.8, 4) is 5.75 Å². The first-order chi connectivity index (χ1) is 13.1. The number of hydrogen-bond acceptors (Lipinski definition) is 5. The third-order valence-corrected chi connectivity index (χ3v) is 5.95. The number of ether oxygens (including phenoxy) is 1. The molecule has 9 heteroatoms. The molecule has 1 aliphatic heterocycles. The summed E-state index contributed by atoms with van der Waals surface area (Å²) in [7, 11) is -2.45. The molecular weight excluding hydrogens is 380 g/mol.